The van der Waals surface area contributed by atoms with Crippen LogP contribution < -0.4 is 43.4 Å². The molecule has 0 aromatic heterocycles. The fraction of sp³-hybridized carbons (Fsp3) is 0.614. The number of nitrogens with one attached hydrogen (secondary N) is 6. The Kier molecular flexibility index (Phi) is 63.3. The molecule has 0 aliphatic heterocycles. The van der Waals surface area contributed by atoms with Gasteiger partial charge in [0.15, 0.2) is 0 Å². The highest BCUT2D eigenvalue weighted by Gasteiger charge is 2.42. The third kappa shape index (κ3) is 58.9. The largest absolute Gasteiger partial charge is 0.471 e. The van der Waals surface area contributed by atoms with Gasteiger partial charge in [-0.05, 0) is 94.4 Å². The van der Waals surface area contributed by atoms with E-state index in [-0.39, 0.29) is 135 Å². The number of amides is 6. The molecule has 0 aliphatic carbocycles. The highest BCUT2D eigenvalue weighted by molar-refractivity contribution is 5.85. The summed E-state index contributed by atoms with van der Waals surface area (Å²) >= 11 is 0. The van der Waals surface area contributed by atoms with Crippen LogP contribution in [0.4, 0.5) is 93.4 Å². The van der Waals surface area contributed by atoms with Gasteiger partial charge in [-0.1, -0.05) is 141 Å². The molecule has 0 spiro atoms. The quantitative estimate of drug-likeness (QED) is 0.0148. The lowest BCUT2D eigenvalue weighted by Crippen LogP contribution is -2.46. The van der Waals surface area contributed by atoms with Crippen molar-refractivity contribution >= 4 is 53.4 Å². The smallest absolute Gasteiger partial charge is 0.445 e. The predicted molar refractivity (Wildman–Crippen MR) is 381 cm³/mol. The molecule has 0 unspecified atom stereocenters. The van der Waals surface area contributed by atoms with Crippen molar-refractivity contribution in [3.63, 3.8) is 0 Å². The van der Waals surface area contributed by atoms with E-state index in [0.29, 0.717) is 42.5 Å². The highest BCUT2D eigenvalue weighted by atomic mass is 19.4. The van der Waals surface area contributed by atoms with E-state index < -0.39 is 129 Å². The fourth-order valence-corrected chi connectivity index (χ4v) is 8.09. The molecular formula is C70H109F18N11O12. The van der Waals surface area contributed by atoms with Crippen molar-refractivity contribution in [2.75, 3.05) is 111 Å². The first-order valence-corrected chi connectivity index (χ1v) is 32.9. The Bertz CT molecular complexity index is 2850. The van der Waals surface area contributed by atoms with Crippen LogP contribution in [0.5, 0.6) is 0 Å². The number of hydrogen-bond donors (Lipinski definition) is 8. The Morgan fingerprint density at radius 1 is 0.288 bits per heavy atom. The van der Waals surface area contributed by atoms with E-state index in [9.17, 15) is 122 Å². The Morgan fingerprint density at radius 2 is 0.559 bits per heavy atom. The first kappa shape index (κ1) is 113. The maximum Gasteiger partial charge on any atom is 0.471 e. The summed E-state index contributed by atoms with van der Waals surface area (Å²) in [5.74, 6) is -11.9. The number of alkyl halides is 18. The third-order valence-corrected chi connectivity index (χ3v) is 13.7. The molecule has 0 atom stereocenters. The lowest BCUT2D eigenvalue weighted by Gasteiger charge is -2.27. The van der Waals surface area contributed by atoms with Gasteiger partial charge in [0.1, 0.15) is 19.8 Å². The van der Waals surface area contributed by atoms with E-state index in [4.69, 9.17) is 25.7 Å². The minimum Gasteiger partial charge on any atom is -0.445 e. The second kappa shape index (κ2) is 62.0. The summed E-state index contributed by atoms with van der Waals surface area (Å²) in [6, 6.07) is 25.5. The molecule has 3 aromatic carbocycles. The first-order chi connectivity index (χ1) is 49.6. The van der Waals surface area contributed by atoms with Gasteiger partial charge in [0, 0.05) is 97.8 Å². The first-order valence-electron chi connectivity index (χ1n) is 32.9. The van der Waals surface area contributed by atoms with Crippen LogP contribution in [0.3, 0.4) is 0 Å². The molecule has 0 saturated heterocycles. The van der Waals surface area contributed by atoms with Crippen molar-refractivity contribution < 1.29 is 136 Å². The van der Waals surface area contributed by atoms with Crippen LogP contribution in [0.2, 0.25) is 0 Å². The van der Waals surface area contributed by atoms with Gasteiger partial charge in [-0.25, -0.2) is 14.4 Å². The summed E-state index contributed by atoms with van der Waals surface area (Å²) in [6.07, 6.45) is -30.0. The number of carbonyl (C=O) groups is 9. The molecule has 0 fully saturated rings. The van der Waals surface area contributed by atoms with Crippen LogP contribution in [-0.4, -0.2) is 216 Å². The van der Waals surface area contributed by atoms with Crippen LogP contribution in [-0.2, 0) is 62.8 Å². The molecule has 111 heavy (non-hydrogen) atoms. The number of ether oxygens (including phenoxy) is 3. The zero-order valence-corrected chi connectivity index (χ0v) is 57.5. The number of unbranched alkanes of at least 4 members (excludes halogenated alkanes) is 4. The molecule has 10 N–H and O–H groups in total. The molecule has 3 rings (SSSR count). The van der Waals surface area contributed by atoms with Crippen molar-refractivity contribution in [3.8, 4) is 0 Å². The molecule has 0 aliphatic rings. The van der Waals surface area contributed by atoms with E-state index in [1.54, 1.807) is 107 Å². The molecule has 23 nitrogen and oxygen atoms in total. The predicted octanol–water partition coefficient (Wildman–Crippen LogP) is 12.8. The molecule has 0 heterocycles. The monoisotopic (exact) mass is 1640 g/mol. The van der Waals surface area contributed by atoms with Crippen molar-refractivity contribution in [2.24, 2.45) is 11.5 Å². The van der Waals surface area contributed by atoms with Crippen molar-refractivity contribution in [2.45, 2.75) is 171 Å². The number of nitrogens with zero attached hydrogens (tertiary/aromatic N) is 3. The van der Waals surface area contributed by atoms with Crippen LogP contribution in [0.25, 0.3) is 0 Å². The Morgan fingerprint density at radius 3 is 0.883 bits per heavy atom. The van der Waals surface area contributed by atoms with Gasteiger partial charge in [0.2, 0.25) is 17.3 Å². The van der Waals surface area contributed by atoms with Gasteiger partial charge in [-0.2, -0.15) is 79.0 Å². The Labute approximate surface area is 636 Å². The zero-order valence-electron chi connectivity index (χ0n) is 57.5. The number of benzene rings is 3. The molecule has 0 saturated carbocycles. The number of hydrogen-bond acceptors (Lipinski definition) is 17. The number of nitrogens with two attached hydrogens (primary N) is 2. The fourth-order valence-electron chi connectivity index (χ4n) is 8.09. The number of carbonyl (C=O) groups excluding carboxylic acids is 9. The SMILES string of the molecule is C.C.C.C.C.NCCCCCNCCN.O=C(CCCNCCCCCNC(=O)C(F)(F)F)C(F)(F)F.O=C(OCc1ccccc1)N(CCCC(=O)C(F)(F)F)CCN(CCNC(=O)C(F)(F)F)C(=O)OCc1ccccc1.O=C(OCc1ccccc1)N(CCNCCCC(=O)C(F)(F)F)CCNC(=O)C(F)(F)F. The van der Waals surface area contributed by atoms with E-state index in [1.807, 2.05) is 0 Å². The van der Waals surface area contributed by atoms with Crippen molar-refractivity contribution in [1.82, 2.24) is 46.6 Å². The molecule has 0 radical (unpaired) electrons. The lowest BCUT2D eigenvalue weighted by atomic mass is 10.2. The average molecular weight is 1640 g/mol. The average Bonchev–Trinajstić information content (AvgIpc) is 0.892. The van der Waals surface area contributed by atoms with Crippen LogP contribution in [0.1, 0.15) is 131 Å². The van der Waals surface area contributed by atoms with Crippen LogP contribution in [0.15, 0.2) is 91.0 Å². The minimum absolute atomic E-state index is 0. The van der Waals surface area contributed by atoms with Crippen molar-refractivity contribution in [1.29, 1.82) is 0 Å². The zero-order chi connectivity index (χ0) is 80.3. The number of Topliss-reactive ketones (excluding diaryl/α,β-unsaturated/α-hetero) is 3. The summed E-state index contributed by atoms with van der Waals surface area (Å²) in [5.41, 5.74) is 12.5. The number of ketones is 3. The van der Waals surface area contributed by atoms with Gasteiger partial charge in [0.25, 0.3) is 0 Å². The molecule has 41 heteroatoms. The van der Waals surface area contributed by atoms with Crippen LogP contribution in [0, 0.1) is 0 Å². The second-order valence-corrected chi connectivity index (χ2v) is 22.4. The van der Waals surface area contributed by atoms with Gasteiger partial charge >= 0.3 is 73.1 Å². The van der Waals surface area contributed by atoms with Crippen molar-refractivity contribution in [3.05, 3.63) is 108 Å². The maximum atomic E-state index is 12.8. The molecule has 642 valence electrons. The van der Waals surface area contributed by atoms with Crippen LogP contribution >= 0.6 is 0 Å². The standard InChI is InChI=1S/C27H29F6N3O6.C19H23F6N3O4.C12H18F6N2O2.C7H19N3.5CH4/c28-26(29,30)22(37)12-7-14-35(24(39)41-18-20-8-3-1-4-9-20)16-17-36(15-13-34-23(38)27(31,32)33)25(40)42-19-21-10-5-2-6-11-21;20-18(21,22)15(29)7-4-8-26-9-11-28(12-10-27-16(30)19(23,24)25)17(31)32-13-14-5-2-1-3-6-14;13-11(14,15)9(21)5-4-7-19-6-2-1-3-8-20-10(22)12(16,17)18;8-4-2-1-3-6-10-7-5-9;;;;;/h1-6,8-11H,7,12-19H2,(H,34,38);1-3,5-6,26H,4,7-13H2,(H,27,30);19H,1-8H2,(H,20,22);10H,1-9H2;5*1H4. The van der Waals surface area contributed by atoms with E-state index >= 15 is 0 Å². The Balaban J connectivity index is -0.000000355. The van der Waals surface area contributed by atoms with E-state index in [2.05, 4.69) is 16.0 Å². The summed E-state index contributed by atoms with van der Waals surface area (Å²) in [7, 11) is 0. The van der Waals surface area contributed by atoms with E-state index in [1.165, 1.54) is 12.8 Å². The summed E-state index contributed by atoms with van der Waals surface area (Å²) in [4.78, 5) is 106. The second-order valence-electron chi connectivity index (χ2n) is 22.4. The van der Waals surface area contributed by atoms with Gasteiger partial charge < -0.3 is 72.3 Å². The van der Waals surface area contributed by atoms with Gasteiger partial charge in [0.05, 0.1) is 0 Å². The minimum atomic E-state index is -5.15. The summed E-state index contributed by atoms with van der Waals surface area (Å²) < 4.78 is 235. The summed E-state index contributed by atoms with van der Waals surface area (Å²) in [6.45, 7) is 0.976. The molecule has 0 bridgehead atoms. The van der Waals surface area contributed by atoms with E-state index in [0.717, 1.165) is 47.3 Å². The molecular weight excluding hydrogens is 1530 g/mol. The third-order valence-electron chi connectivity index (χ3n) is 13.7. The maximum absolute atomic E-state index is 12.8. The Hall–Kier alpha value is -8.57. The highest BCUT2D eigenvalue weighted by Crippen LogP contribution is 2.22. The normalized spacial score (nSPS) is 11.0. The number of halogens is 18. The molecule has 6 amide bonds. The number of rotatable bonds is 43. The van der Waals surface area contributed by atoms with Gasteiger partial charge in [-0.3, -0.25) is 28.8 Å². The van der Waals surface area contributed by atoms with Gasteiger partial charge in [-0.15, -0.1) is 0 Å². The molecule has 3 aromatic rings. The summed E-state index contributed by atoms with van der Waals surface area (Å²) in [5, 5.41) is 13.8. The lowest BCUT2D eigenvalue weighted by molar-refractivity contribution is -0.173. The topological polar surface area (TPSA) is 315 Å².